The monoisotopic (exact) mass is 85.1 g/mol. The van der Waals surface area contributed by atoms with Gasteiger partial charge in [0, 0.05) is 6.54 Å². The van der Waals surface area contributed by atoms with Crippen LogP contribution in [0.25, 0.3) is 0 Å². The van der Waals surface area contributed by atoms with E-state index in [9.17, 15) is 0 Å². The van der Waals surface area contributed by atoms with Crippen LogP contribution in [-0.4, -0.2) is 6.54 Å². The molecule has 0 bridgehead atoms. The number of nitrogens with two attached hydrogens (primary N) is 1. The molecule has 0 saturated carbocycles. The molecule has 1 aliphatic heterocycles. The third-order valence-corrected chi connectivity index (χ3v) is 0.657. The maximum atomic E-state index is 5.22. The van der Waals surface area contributed by atoms with Gasteiger partial charge in [-0.15, -0.1) is 0 Å². The molecule has 6 heavy (non-hydrogen) atoms. The van der Waals surface area contributed by atoms with Crippen molar-refractivity contribution in [1.29, 1.82) is 0 Å². The van der Waals surface area contributed by atoms with E-state index in [1.54, 1.807) is 0 Å². The summed E-state index contributed by atoms with van der Waals surface area (Å²) in [5, 5.41) is 0. The normalized spacial score (nSPS) is 19.7. The second-order valence-corrected chi connectivity index (χ2v) is 1.17. The molecule has 34 valence electrons. The van der Waals surface area contributed by atoms with E-state index in [0.29, 0.717) is 0 Å². The highest BCUT2D eigenvalue weighted by Crippen LogP contribution is 1.77. The topological polar surface area (TPSA) is 50.1 Å². The Morgan fingerprint density at radius 1 is 1.83 bits per heavy atom. The van der Waals surface area contributed by atoms with Crippen molar-refractivity contribution >= 4 is 0 Å². The average molecular weight is 85.1 g/mol. The predicted molar refractivity (Wildman–Crippen MR) is 23.4 cm³/mol. The van der Waals surface area contributed by atoms with Crippen LogP contribution in [0.3, 0.4) is 0 Å². The zero-order valence-corrected chi connectivity index (χ0v) is 3.36. The number of nitrogens with one attached hydrogen (secondary N) is 2. The van der Waals surface area contributed by atoms with Gasteiger partial charge < -0.3 is 11.2 Å². The van der Waals surface area contributed by atoms with Crippen LogP contribution in [0.4, 0.5) is 0 Å². The first kappa shape index (κ1) is 3.49. The second-order valence-electron chi connectivity index (χ2n) is 1.17. The Kier molecular flexibility index (Phi) is 0.686. The zero-order valence-electron chi connectivity index (χ0n) is 3.36. The summed E-state index contributed by atoms with van der Waals surface area (Å²) in [5.74, 6) is 0.718. The summed E-state index contributed by atoms with van der Waals surface area (Å²) in [4.78, 5) is 0. The number of rotatable bonds is 0. The first-order valence-corrected chi connectivity index (χ1v) is 1.84. The number of hydrogen-bond donors (Lipinski definition) is 3. The number of hydrazine groups is 1. The fourth-order valence-electron chi connectivity index (χ4n) is 0.365. The van der Waals surface area contributed by atoms with Crippen LogP contribution in [0.15, 0.2) is 11.9 Å². The Balaban J connectivity index is 2.45. The van der Waals surface area contributed by atoms with Crippen LogP contribution in [0.2, 0.25) is 0 Å². The summed E-state index contributed by atoms with van der Waals surface area (Å²) < 4.78 is 0. The van der Waals surface area contributed by atoms with E-state index < -0.39 is 0 Å². The summed E-state index contributed by atoms with van der Waals surface area (Å²) in [6.45, 7) is 0.839. The van der Waals surface area contributed by atoms with Crippen LogP contribution in [0, 0.1) is 0 Å². The first-order valence-electron chi connectivity index (χ1n) is 1.84. The third kappa shape index (κ3) is 0.440. The molecule has 0 aromatic heterocycles. The molecule has 1 heterocycles. The Bertz CT molecular complexity index is 76.1. The molecule has 0 fully saturated rings. The van der Waals surface area contributed by atoms with Gasteiger partial charge in [0.2, 0.25) is 0 Å². The van der Waals surface area contributed by atoms with Crippen molar-refractivity contribution in [3.05, 3.63) is 11.9 Å². The molecule has 0 atom stereocenters. The van der Waals surface area contributed by atoms with Gasteiger partial charge in [0.25, 0.3) is 0 Å². The van der Waals surface area contributed by atoms with Gasteiger partial charge >= 0.3 is 0 Å². The van der Waals surface area contributed by atoms with Crippen molar-refractivity contribution < 1.29 is 0 Å². The van der Waals surface area contributed by atoms with E-state index in [4.69, 9.17) is 5.73 Å². The largest absolute Gasteiger partial charge is 0.385 e. The molecule has 0 unspecified atom stereocenters. The van der Waals surface area contributed by atoms with Crippen molar-refractivity contribution in [1.82, 2.24) is 10.9 Å². The quantitative estimate of drug-likeness (QED) is 0.350. The maximum Gasteiger partial charge on any atom is 0.108 e. The fourth-order valence-corrected chi connectivity index (χ4v) is 0.365. The van der Waals surface area contributed by atoms with Crippen LogP contribution in [-0.2, 0) is 0 Å². The minimum Gasteiger partial charge on any atom is -0.385 e. The Morgan fingerprint density at radius 3 is 2.83 bits per heavy atom. The SMILES string of the molecule is NC1=CCNN1. The van der Waals surface area contributed by atoms with Crippen molar-refractivity contribution in [2.75, 3.05) is 6.54 Å². The molecule has 1 aliphatic rings. The summed E-state index contributed by atoms with van der Waals surface area (Å²) in [6.07, 6.45) is 1.88. The lowest BCUT2D eigenvalue weighted by atomic mass is 10.6. The summed E-state index contributed by atoms with van der Waals surface area (Å²) >= 11 is 0. The molecule has 3 nitrogen and oxygen atoms in total. The molecule has 0 radical (unpaired) electrons. The minimum absolute atomic E-state index is 0.718. The lowest BCUT2D eigenvalue weighted by molar-refractivity contribution is 0.694. The van der Waals surface area contributed by atoms with Crippen LogP contribution < -0.4 is 16.6 Å². The molecular weight excluding hydrogens is 78.1 g/mol. The molecule has 4 N–H and O–H groups in total. The standard InChI is InChI=1S/C3H7N3/c4-3-1-2-5-6-3/h1,5-6H,2,4H2. The lowest BCUT2D eigenvalue weighted by Gasteiger charge is -1.91. The van der Waals surface area contributed by atoms with Crippen molar-refractivity contribution in [3.8, 4) is 0 Å². The zero-order chi connectivity index (χ0) is 4.41. The average Bonchev–Trinajstić information content (AvgIpc) is 1.86. The van der Waals surface area contributed by atoms with E-state index in [1.165, 1.54) is 0 Å². The predicted octanol–water partition coefficient (Wildman–Crippen LogP) is -1.11. The second kappa shape index (κ2) is 1.18. The summed E-state index contributed by atoms with van der Waals surface area (Å²) in [7, 11) is 0. The highest BCUT2D eigenvalue weighted by molar-refractivity contribution is 4.98. The van der Waals surface area contributed by atoms with E-state index in [0.717, 1.165) is 12.4 Å². The first-order chi connectivity index (χ1) is 2.89. The highest BCUT2D eigenvalue weighted by Gasteiger charge is 1.91. The molecule has 0 saturated heterocycles. The molecular formula is C3H7N3. The Hall–Kier alpha value is -0.700. The van der Waals surface area contributed by atoms with Gasteiger partial charge in [-0.1, -0.05) is 0 Å². The summed E-state index contributed by atoms with van der Waals surface area (Å²) in [6, 6.07) is 0. The van der Waals surface area contributed by atoms with E-state index in [-0.39, 0.29) is 0 Å². The van der Waals surface area contributed by atoms with E-state index >= 15 is 0 Å². The molecule has 0 aliphatic carbocycles. The molecule has 0 aromatic rings. The van der Waals surface area contributed by atoms with Gasteiger partial charge in [-0.3, -0.25) is 0 Å². The summed E-state index contributed by atoms with van der Waals surface area (Å²) in [5.41, 5.74) is 10.7. The van der Waals surface area contributed by atoms with Crippen molar-refractivity contribution in [2.24, 2.45) is 5.73 Å². The molecule has 3 heteroatoms. The molecule has 0 aromatic carbocycles. The lowest BCUT2D eigenvalue weighted by Crippen LogP contribution is -2.26. The van der Waals surface area contributed by atoms with Gasteiger partial charge in [-0.25, -0.2) is 5.43 Å². The van der Waals surface area contributed by atoms with Gasteiger partial charge in [-0.05, 0) is 6.08 Å². The third-order valence-electron chi connectivity index (χ3n) is 0.657. The smallest absolute Gasteiger partial charge is 0.108 e. The van der Waals surface area contributed by atoms with Crippen LogP contribution in [0.1, 0.15) is 0 Å². The van der Waals surface area contributed by atoms with Gasteiger partial charge in [0.1, 0.15) is 5.82 Å². The van der Waals surface area contributed by atoms with E-state index in [2.05, 4.69) is 10.9 Å². The van der Waals surface area contributed by atoms with E-state index in [1.807, 2.05) is 6.08 Å². The minimum atomic E-state index is 0.718. The molecule has 1 rings (SSSR count). The van der Waals surface area contributed by atoms with Gasteiger partial charge in [0.15, 0.2) is 0 Å². The Morgan fingerprint density at radius 2 is 2.67 bits per heavy atom. The fraction of sp³-hybridized carbons (Fsp3) is 0.333. The van der Waals surface area contributed by atoms with Crippen LogP contribution in [0.5, 0.6) is 0 Å². The van der Waals surface area contributed by atoms with Gasteiger partial charge in [-0.2, -0.15) is 0 Å². The maximum absolute atomic E-state index is 5.22. The number of hydrogen-bond acceptors (Lipinski definition) is 3. The molecule has 0 amide bonds. The van der Waals surface area contributed by atoms with Crippen LogP contribution >= 0.6 is 0 Å². The van der Waals surface area contributed by atoms with Gasteiger partial charge in [0.05, 0.1) is 0 Å². The molecule has 0 spiro atoms. The van der Waals surface area contributed by atoms with Crippen molar-refractivity contribution in [3.63, 3.8) is 0 Å². The van der Waals surface area contributed by atoms with Crippen molar-refractivity contribution in [2.45, 2.75) is 0 Å². The highest BCUT2D eigenvalue weighted by atomic mass is 15.4. The Labute approximate surface area is 36.2 Å².